The molecule has 0 atom stereocenters. The van der Waals surface area contributed by atoms with Crippen LogP contribution >= 0.6 is 11.3 Å². The summed E-state index contributed by atoms with van der Waals surface area (Å²) in [6.07, 6.45) is 0. The van der Waals surface area contributed by atoms with Gasteiger partial charge in [0.1, 0.15) is 10.4 Å². The molecule has 0 spiro atoms. The van der Waals surface area contributed by atoms with Crippen molar-refractivity contribution in [3.05, 3.63) is 115 Å². The van der Waals surface area contributed by atoms with E-state index in [9.17, 15) is 29.8 Å². The van der Waals surface area contributed by atoms with Crippen LogP contribution in [0.4, 0.5) is 16.5 Å². The van der Waals surface area contributed by atoms with Gasteiger partial charge in [0.25, 0.3) is 17.3 Å². The lowest BCUT2D eigenvalue weighted by atomic mass is 10.1. The number of benzene rings is 3. The number of thiazole rings is 1. The molecular weight excluding hydrogens is 460 g/mol. The molecule has 0 radical (unpaired) electrons. The number of nitrogens with one attached hydrogen (secondary N) is 1. The van der Waals surface area contributed by atoms with Crippen molar-refractivity contribution in [2.45, 2.75) is 0 Å². The van der Waals surface area contributed by atoms with E-state index >= 15 is 0 Å². The van der Waals surface area contributed by atoms with Crippen LogP contribution in [0.5, 0.6) is 0 Å². The number of amides is 1. The number of nitrogens with zero attached hydrogens (tertiary/aromatic N) is 3. The van der Waals surface area contributed by atoms with Gasteiger partial charge >= 0.3 is 0 Å². The van der Waals surface area contributed by atoms with E-state index in [1.165, 1.54) is 0 Å². The Balaban J connectivity index is 1.73. The average Bonchev–Trinajstić information content (AvgIpc) is 3.27. The molecule has 0 saturated heterocycles. The molecule has 0 bridgehead atoms. The highest BCUT2D eigenvalue weighted by Gasteiger charge is 2.26. The smallest absolute Gasteiger partial charge is 0.289 e. The van der Waals surface area contributed by atoms with Gasteiger partial charge in [-0.05, 0) is 6.07 Å². The third kappa shape index (κ3) is 4.54. The number of hydrogen-bond acceptors (Lipinski definition) is 8. The van der Waals surface area contributed by atoms with Gasteiger partial charge in [0.05, 0.1) is 21.6 Å². The van der Waals surface area contributed by atoms with Crippen LogP contribution in [0.2, 0.25) is 0 Å². The fourth-order valence-corrected chi connectivity index (χ4v) is 4.13. The number of carbonyl (C=O) groups is 2. The molecule has 1 amide bonds. The maximum atomic E-state index is 13.2. The molecule has 1 aromatic heterocycles. The average molecular weight is 474 g/mol. The number of ketones is 1. The Morgan fingerprint density at radius 2 is 1.50 bits per heavy atom. The van der Waals surface area contributed by atoms with E-state index in [1.54, 1.807) is 54.6 Å². The number of nitro benzene ring substituents is 2. The lowest BCUT2D eigenvalue weighted by molar-refractivity contribution is -0.394. The normalized spacial score (nSPS) is 10.5. The molecule has 1 heterocycles. The summed E-state index contributed by atoms with van der Waals surface area (Å²) >= 11 is 0.932. The number of rotatable bonds is 7. The zero-order valence-electron chi connectivity index (χ0n) is 17.2. The molecule has 0 fully saturated rings. The summed E-state index contributed by atoms with van der Waals surface area (Å²) in [6, 6.07) is 20.2. The van der Waals surface area contributed by atoms with E-state index < -0.39 is 27.1 Å². The lowest BCUT2D eigenvalue weighted by Gasteiger charge is -2.03. The Labute approximate surface area is 195 Å². The summed E-state index contributed by atoms with van der Waals surface area (Å²) in [7, 11) is 0. The summed E-state index contributed by atoms with van der Waals surface area (Å²) in [5.74, 6) is -1.17. The summed E-state index contributed by atoms with van der Waals surface area (Å²) in [6.45, 7) is 0. The van der Waals surface area contributed by atoms with Crippen LogP contribution < -0.4 is 5.32 Å². The van der Waals surface area contributed by atoms with Gasteiger partial charge in [0, 0.05) is 17.2 Å². The Hall–Kier alpha value is -4.77. The highest BCUT2D eigenvalue weighted by molar-refractivity contribution is 7.18. The monoisotopic (exact) mass is 474 g/mol. The van der Waals surface area contributed by atoms with Gasteiger partial charge < -0.3 is 0 Å². The van der Waals surface area contributed by atoms with Gasteiger partial charge in [-0.25, -0.2) is 4.98 Å². The molecule has 1 N–H and O–H groups in total. The molecule has 0 aliphatic carbocycles. The number of anilines is 1. The predicted molar refractivity (Wildman–Crippen MR) is 125 cm³/mol. The molecule has 0 unspecified atom stereocenters. The first kappa shape index (κ1) is 22.4. The number of aromatic nitrogens is 1. The molecule has 10 nitrogen and oxygen atoms in total. The van der Waals surface area contributed by atoms with Crippen molar-refractivity contribution in [1.82, 2.24) is 4.98 Å². The fourth-order valence-electron chi connectivity index (χ4n) is 3.18. The van der Waals surface area contributed by atoms with Gasteiger partial charge in [0.15, 0.2) is 5.13 Å². The number of hydrogen-bond donors (Lipinski definition) is 1. The van der Waals surface area contributed by atoms with Crippen LogP contribution in [0, 0.1) is 20.2 Å². The minimum Gasteiger partial charge on any atom is -0.298 e. The van der Waals surface area contributed by atoms with Crippen molar-refractivity contribution in [3.8, 4) is 11.3 Å². The van der Waals surface area contributed by atoms with E-state index in [0.29, 0.717) is 16.8 Å². The SMILES string of the molecule is O=C(Nc1nc(-c2ccccc2)c(C(=O)c2ccccc2)s1)c1ccc([N+](=O)[O-])cc1[N+](=O)[O-]. The van der Waals surface area contributed by atoms with E-state index in [0.717, 1.165) is 29.5 Å². The van der Waals surface area contributed by atoms with Gasteiger partial charge in [-0.1, -0.05) is 72.0 Å². The molecular formula is C23H14N4O6S. The maximum Gasteiger partial charge on any atom is 0.289 e. The number of non-ortho nitro benzene ring substituents is 1. The first-order valence-electron chi connectivity index (χ1n) is 9.75. The highest BCUT2D eigenvalue weighted by atomic mass is 32.1. The van der Waals surface area contributed by atoms with Crippen LogP contribution in [0.15, 0.2) is 78.9 Å². The van der Waals surface area contributed by atoms with Gasteiger partial charge in [-0.15, -0.1) is 0 Å². The van der Waals surface area contributed by atoms with Gasteiger partial charge in [-0.3, -0.25) is 35.1 Å². The second-order valence-corrected chi connectivity index (χ2v) is 7.93. The largest absolute Gasteiger partial charge is 0.298 e. The van der Waals surface area contributed by atoms with Gasteiger partial charge in [0.2, 0.25) is 5.78 Å². The van der Waals surface area contributed by atoms with Gasteiger partial charge in [-0.2, -0.15) is 0 Å². The molecule has 0 saturated carbocycles. The zero-order valence-corrected chi connectivity index (χ0v) is 18.0. The Morgan fingerprint density at radius 1 is 0.853 bits per heavy atom. The van der Waals surface area contributed by atoms with E-state index in [2.05, 4.69) is 10.3 Å². The summed E-state index contributed by atoms with van der Waals surface area (Å²) < 4.78 is 0. The van der Waals surface area contributed by atoms with Crippen molar-refractivity contribution in [3.63, 3.8) is 0 Å². The molecule has 168 valence electrons. The second-order valence-electron chi connectivity index (χ2n) is 6.93. The first-order chi connectivity index (χ1) is 16.3. The maximum absolute atomic E-state index is 13.2. The number of nitro groups is 2. The van der Waals surface area contributed by atoms with E-state index in [4.69, 9.17) is 0 Å². The van der Waals surface area contributed by atoms with Crippen LogP contribution in [-0.4, -0.2) is 26.5 Å². The first-order valence-corrected chi connectivity index (χ1v) is 10.6. The summed E-state index contributed by atoms with van der Waals surface area (Å²) in [5, 5.41) is 24.9. The fraction of sp³-hybridized carbons (Fsp3) is 0. The minimum atomic E-state index is -0.881. The molecule has 0 aliphatic rings. The third-order valence-electron chi connectivity index (χ3n) is 4.77. The van der Waals surface area contributed by atoms with Crippen LogP contribution in [0.3, 0.4) is 0 Å². The van der Waals surface area contributed by atoms with E-state index in [1.807, 2.05) is 6.07 Å². The molecule has 34 heavy (non-hydrogen) atoms. The van der Waals surface area contributed by atoms with Crippen molar-refractivity contribution < 1.29 is 19.4 Å². The van der Waals surface area contributed by atoms with Crippen molar-refractivity contribution >= 4 is 39.5 Å². The van der Waals surface area contributed by atoms with Crippen LogP contribution in [0.1, 0.15) is 25.6 Å². The Bertz CT molecular complexity index is 1420. The second kappa shape index (κ2) is 9.38. The molecule has 0 aliphatic heterocycles. The Kier molecular flexibility index (Phi) is 6.19. The standard InChI is InChI=1S/C23H14N4O6S/c28-20(15-9-5-2-6-10-15)21-19(14-7-3-1-4-8-14)24-23(34-21)25-22(29)17-12-11-16(26(30)31)13-18(17)27(32)33/h1-13H,(H,24,25,29). The molecule has 4 aromatic rings. The van der Waals surface area contributed by atoms with Crippen LogP contribution in [-0.2, 0) is 0 Å². The highest BCUT2D eigenvalue weighted by Crippen LogP contribution is 2.34. The van der Waals surface area contributed by atoms with Crippen molar-refractivity contribution in [2.24, 2.45) is 0 Å². The molecule has 4 rings (SSSR count). The number of carbonyl (C=O) groups excluding carboxylic acids is 2. The quantitative estimate of drug-likeness (QED) is 0.222. The topological polar surface area (TPSA) is 145 Å². The minimum absolute atomic E-state index is 0.0517. The van der Waals surface area contributed by atoms with Crippen molar-refractivity contribution in [1.29, 1.82) is 0 Å². The third-order valence-corrected chi connectivity index (χ3v) is 5.74. The van der Waals surface area contributed by atoms with Crippen molar-refractivity contribution in [2.75, 3.05) is 5.32 Å². The zero-order chi connectivity index (χ0) is 24.2. The summed E-state index contributed by atoms with van der Waals surface area (Å²) in [5.41, 5.74) is -0.158. The molecule has 3 aromatic carbocycles. The predicted octanol–water partition coefficient (Wildman–Crippen LogP) is 5.11. The van der Waals surface area contributed by atoms with Crippen LogP contribution in [0.25, 0.3) is 11.3 Å². The molecule has 11 heteroatoms. The lowest BCUT2D eigenvalue weighted by Crippen LogP contribution is -2.14. The Morgan fingerprint density at radius 3 is 2.12 bits per heavy atom. The van der Waals surface area contributed by atoms with E-state index in [-0.39, 0.29) is 21.4 Å². The summed E-state index contributed by atoms with van der Waals surface area (Å²) in [4.78, 5) is 51.3.